The van der Waals surface area contributed by atoms with E-state index in [1.54, 1.807) is 0 Å². The van der Waals surface area contributed by atoms with E-state index < -0.39 is 9.05 Å². The van der Waals surface area contributed by atoms with Gasteiger partial charge in [-0.05, 0) is 0 Å². The van der Waals surface area contributed by atoms with Gasteiger partial charge in [0.25, 0.3) is 0 Å². The minimum atomic E-state index is -4.61. The average molecular weight is 241 g/mol. The van der Waals surface area contributed by atoms with E-state index in [1.165, 1.54) is 0 Å². The molecule has 0 aromatic carbocycles. The van der Waals surface area contributed by atoms with Gasteiger partial charge in [0.05, 0.1) is 0 Å². The van der Waals surface area contributed by atoms with Crippen LogP contribution in [0.3, 0.4) is 0 Å². The molecule has 0 aliphatic carbocycles. The van der Waals surface area contributed by atoms with Crippen molar-refractivity contribution >= 4 is 62.5 Å². The van der Waals surface area contributed by atoms with Gasteiger partial charge >= 0.3 is 62.5 Å². The molecule has 0 saturated carbocycles. The van der Waals surface area contributed by atoms with Crippen LogP contribution in [0.2, 0.25) is 0 Å². The fraction of sp³-hybridized carbons (Fsp3) is 0. The number of hydrogen-bond acceptors (Lipinski definition) is 4. The Balaban J connectivity index is -0.0000000800. The molecule has 0 aliphatic heterocycles. The molecule has 0 rings (SSSR count). The van der Waals surface area contributed by atoms with Gasteiger partial charge in [0.1, 0.15) is 0 Å². The third-order valence-electron chi connectivity index (χ3n) is 0. The topological polar surface area (TPSA) is 80.9 Å². The van der Waals surface area contributed by atoms with E-state index in [0.29, 0.717) is 0 Å². The maximum atomic E-state index is 7.33. The van der Waals surface area contributed by atoms with E-state index in [9.17, 15) is 0 Å². The Labute approximate surface area is 80.9 Å². The Morgan fingerprint density at radius 1 is 0.857 bits per heavy atom. The molecule has 7 heavy (non-hydrogen) atoms. The molecule has 0 bridgehead atoms. The summed E-state index contributed by atoms with van der Waals surface area (Å²) in [6, 6.07) is 0. The summed E-state index contributed by atoms with van der Waals surface area (Å²) in [6.07, 6.45) is 0. The number of hydrogen-bond donors (Lipinski definition) is 4. The summed E-state index contributed by atoms with van der Waals surface area (Å²) in [5.41, 5.74) is 0. The Bertz CT molecular complexity index is 27.2. The predicted molar refractivity (Wildman–Crippen MR) is 30.3 cm³/mol. The monoisotopic (exact) mass is 242 g/mol. The molecule has 0 atom stereocenters. The van der Waals surface area contributed by atoms with Gasteiger partial charge in [-0.25, -0.2) is 0 Å². The minimum absolute atomic E-state index is 0. The summed E-state index contributed by atoms with van der Waals surface area (Å²) in [4.78, 5) is 29.3. The van der Waals surface area contributed by atoms with Crippen LogP contribution in [-0.4, -0.2) is 81.7 Å². The van der Waals surface area contributed by atoms with Crippen molar-refractivity contribution in [2.24, 2.45) is 0 Å². The molecule has 4 nitrogen and oxygen atoms in total. The second-order valence-corrected chi connectivity index (χ2v) is 1.80. The van der Waals surface area contributed by atoms with Crippen LogP contribution in [0.15, 0.2) is 0 Å². The molecule has 2 radical (unpaired) electrons. The molecule has 0 spiro atoms. The molecular weight excluding hydrogens is 234 g/mol. The van der Waals surface area contributed by atoms with Crippen LogP contribution in [0.1, 0.15) is 0 Å². The Hall–Kier alpha value is 1.86. The zero-order valence-corrected chi connectivity index (χ0v) is 8.03. The zero-order valence-electron chi connectivity index (χ0n) is 3.00. The first-order chi connectivity index (χ1) is 2.00. The maximum absolute atomic E-state index is 7.33. The quantitative estimate of drug-likeness (QED) is 0.324. The van der Waals surface area contributed by atoms with Gasteiger partial charge in [0.2, 0.25) is 0 Å². The van der Waals surface area contributed by atoms with Crippen molar-refractivity contribution in [1.29, 1.82) is 0 Å². The molecule has 40 valence electrons. The molecule has 0 heterocycles. The van der Waals surface area contributed by atoms with Crippen molar-refractivity contribution < 1.29 is 19.2 Å². The van der Waals surface area contributed by atoms with Gasteiger partial charge in [0, 0.05) is 0 Å². The Morgan fingerprint density at radius 2 is 0.857 bits per heavy atom. The SMILES string of the molecule is O[Si](O)(O)O.[NaH].[SnH2]. The van der Waals surface area contributed by atoms with Crippen LogP contribution in [0.4, 0.5) is 0 Å². The molecule has 0 saturated heterocycles. The third-order valence-corrected chi connectivity index (χ3v) is 0. The van der Waals surface area contributed by atoms with Crippen molar-refractivity contribution in [2.45, 2.75) is 0 Å². The van der Waals surface area contributed by atoms with Gasteiger partial charge in [-0.1, -0.05) is 0 Å². The predicted octanol–water partition coefficient (Wildman–Crippen LogP) is -4.17. The summed E-state index contributed by atoms with van der Waals surface area (Å²) in [5, 5.41) is 0. The van der Waals surface area contributed by atoms with E-state index in [-0.39, 0.29) is 53.5 Å². The normalized spacial score (nSPS) is 8.57. The number of rotatable bonds is 0. The summed E-state index contributed by atoms with van der Waals surface area (Å²) in [7, 11) is -4.61. The molecule has 0 aliphatic rings. The summed E-state index contributed by atoms with van der Waals surface area (Å²) < 4.78 is 0. The van der Waals surface area contributed by atoms with Crippen molar-refractivity contribution in [2.75, 3.05) is 0 Å². The fourth-order valence-corrected chi connectivity index (χ4v) is 0. The average Bonchev–Trinajstić information content (AvgIpc) is 0.722. The van der Waals surface area contributed by atoms with Crippen LogP contribution in [0.5, 0.6) is 0 Å². The summed E-state index contributed by atoms with van der Waals surface area (Å²) >= 11 is 0. The van der Waals surface area contributed by atoms with Gasteiger partial charge in [-0.2, -0.15) is 0 Å². The molecule has 0 aromatic heterocycles. The molecule has 7 heteroatoms. The molecule has 0 amide bonds. The first-order valence-electron chi connectivity index (χ1n) is 0.894. The Kier molecular flexibility index (Phi) is 13.6. The van der Waals surface area contributed by atoms with Crippen LogP contribution in [-0.2, 0) is 0 Å². The first-order valence-corrected chi connectivity index (χ1v) is 2.68. The van der Waals surface area contributed by atoms with Gasteiger partial charge < -0.3 is 19.2 Å². The zero-order chi connectivity index (χ0) is 4.50. The van der Waals surface area contributed by atoms with Crippen LogP contribution in [0, 0.1) is 0 Å². The van der Waals surface area contributed by atoms with Gasteiger partial charge in [-0.15, -0.1) is 0 Å². The molecule has 0 unspecified atom stereocenters. The van der Waals surface area contributed by atoms with Gasteiger partial charge in [-0.3, -0.25) is 0 Å². The second kappa shape index (κ2) is 5.98. The van der Waals surface area contributed by atoms with Crippen LogP contribution >= 0.6 is 0 Å². The van der Waals surface area contributed by atoms with E-state index in [1.807, 2.05) is 0 Å². The summed E-state index contributed by atoms with van der Waals surface area (Å²) in [5.74, 6) is 0. The van der Waals surface area contributed by atoms with Crippen molar-refractivity contribution in [3.05, 3.63) is 0 Å². The summed E-state index contributed by atoms with van der Waals surface area (Å²) in [6.45, 7) is 0. The van der Waals surface area contributed by atoms with Crippen molar-refractivity contribution in [1.82, 2.24) is 0 Å². The molecular formula is H7NaO4SiSn. The van der Waals surface area contributed by atoms with Crippen molar-refractivity contribution in [3.63, 3.8) is 0 Å². The molecule has 4 N–H and O–H groups in total. The molecule has 0 fully saturated rings. The van der Waals surface area contributed by atoms with E-state index in [4.69, 9.17) is 19.2 Å². The second-order valence-electron chi connectivity index (χ2n) is 0.600. The van der Waals surface area contributed by atoms with Crippen LogP contribution in [0.25, 0.3) is 0 Å². The standard InChI is InChI=1S/Na.H4O4Si.Sn.3H/c;1-5(2,3)4;;;;/h;1-4H;;;;. The van der Waals surface area contributed by atoms with Gasteiger partial charge in [0.15, 0.2) is 0 Å². The fourth-order valence-electron chi connectivity index (χ4n) is 0. The Morgan fingerprint density at radius 3 is 0.857 bits per heavy atom. The van der Waals surface area contributed by atoms with Crippen molar-refractivity contribution in [3.8, 4) is 0 Å². The van der Waals surface area contributed by atoms with E-state index >= 15 is 0 Å². The van der Waals surface area contributed by atoms with Crippen LogP contribution < -0.4 is 0 Å². The third kappa shape index (κ3) is 78.2. The first kappa shape index (κ1) is 15.9. The van der Waals surface area contributed by atoms with E-state index in [0.717, 1.165) is 0 Å². The van der Waals surface area contributed by atoms with E-state index in [2.05, 4.69) is 0 Å². The molecule has 0 aromatic rings.